The van der Waals surface area contributed by atoms with Crippen molar-refractivity contribution in [3.63, 3.8) is 0 Å². The highest BCUT2D eigenvalue weighted by molar-refractivity contribution is 7.87. The van der Waals surface area contributed by atoms with Gasteiger partial charge >= 0.3 is 10.1 Å². The second-order valence-corrected chi connectivity index (χ2v) is 13.7. The second-order valence-electron chi connectivity index (χ2n) is 12.0. The predicted octanol–water partition coefficient (Wildman–Crippen LogP) is 7.71. The summed E-state index contributed by atoms with van der Waals surface area (Å²) in [5.74, 6) is 1.41. The van der Waals surface area contributed by atoms with Crippen LogP contribution >= 0.6 is 0 Å². The van der Waals surface area contributed by atoms with E-state index >= 15 is 0 Å². The Balaban J connectivity index is 1.87. The molecule has 0 spiro atoms. The van der Waals surface area contributed by atoms with Gasteiger partial charge in [-0.05, 0) is 62.4 Å². The molecule has 38 heavy (non-hydrogen) atoms. The van der Waals surface area contributed by atoms with E-state index in [4.69, 9.17) is 13.9 Å². The molecule has 0 amide bonds. The Labute approximate surface area is 229 Å². The van der Waals surface area contributed by atoms with Gasteiger partial charge in [0, 0.05) is 17.3 Å². The molecule has 210 valence electrons. The average molecular weight is 544 g/mol. The van der Waals surface area contributed by atoms with Crippen LogP contribution in [0.1, 0.15) is 86.5 Å². The summed E-state index contributed by atoms with van der Waals surface area (Å²) in [7, 11) is -2.20. The van der Waals surface area contributed by atoms with Crippen molar-refractivity contribution in [2.45, 2.75) is 92.0 Å². The maximum atomic E-state index is 12.7. The number of rotatable bonds is 14. The molecule has 0 saturated heterocycles. The lowest BCUT2D eigenvalue weighted by Crippen LogP contribution is -2.36. The van der Waals surface area contributed by atoms with Crippen molar-refractivity contribution in [2.24, 2.45) is 5.41 Å². The zero-order valence-corrected chi connectivity index (χ0v) is 25.0. The van der Waals surface area contributed by atoms with Crippen LogP contribution in [0.4, 0.5) is 5.82 Å². The highest BCUT2D eigenvalue weighted by atomic mass is 32.2. The molecular weight excluding hydrogens is 498 g/mol. The molecule has 0 unspecified atom stereocenters. The third kappa shape index (κ3) is 8.38. The molecule has 0 aliphatic heterocycles. The van der Waals surface area contributed by atoms with E-state index in [1.165, 1.54) is 20.0 Å². The summed E-state index contributed by atoms with van der Waals surface area (Å²) in [4.78, 5) is 4.90. The molecule has 3 aromatic rings. The van der Waals surface area contributed by atoms with E-state index in [1.807, 2.05) is 34.9 Å². The van der Waals surface area contributed by atoms with Crippen LogP contribution in [0, 0.1) is 5.41 Å². The van der Waals surface area contributed by atoms with E-state index < -0.39 is 10.1 Å². The first-order chi connectivity index (χ1) is 17.8. The number of hydrogen-bond acceptors (Lipinski definition) is 6. The topological polar surface area (TPSA) is 81.9 Å². The van der Waals surface area contributed by atoms with Crippen LogP contribution in [0.15, 0.2) is 42.6 Å². The van der Waals surface area contributed by atoms with Crippen molar-refractivity contribution in [3.8, 4) is 22.8 Å². The molecule has 1 N–H and O–H groups in total. The summed E-state index contributed by atoms with van der Waals surface area (Å²) >= 11 is 0. The number of nitrogens with one attached hydrogen (secondary N) is 1. The van der Waals surface area contributed by atoms with E-state index in [2.05, 4.69) is 46.9 Å². The van der Waals surface area contributed by atoms with Crippen LogP contribution < -0.4 is 14.2 Å². The SMILES string of the molecule is CCCCCCCCS(=O)(=O)Oc1ccc(-c2nc3ccccn3c2NC(C)(C)CC(C)(C)C)cc1OC. The van der Waals surface area contributed by atoms with Crippen molar-refractivity contribution < 1.29 is 17.3 Å². The smallest absolute Gasteiger partial charge is 0.309 e. The van der Waals surface area contributed by atoms with Gasteiger partial charge in [0.05, 0.1) is 12.9 Å². The van der Waals surface area contributed by atoms with Gasteiger partial charge < -0.3 is 14.2 Å². The van der Waals surface area contributed by atoms with Gasteiger partial charge in [-0.15, -0.1) is 0 Å². The van der Waals surface area contributed by atoms with Gasteiger partial charge in [0.15, 0.2) is 11.5 Å². The minimum Gasteiger partial charge on any atom is -0.493 e. The van der Waals surface area contributed by atoms with E-state index in [9.17, 15) is 8.42 Å². The van der Waals surface area contributed by atoms with E-state index in [-0.39, 0.29) is 22.5 Å². The average Bonchev–Trinajstić information content (AvgIpc) is 3.17. The molecule has 1 aromatic carbocycles. The molecule has 0 atom stereocenters. The monoisotopic (exact) mass is 543 g/mol. The second kappa shape index (κ2) is 12.4. The summed E-state index contributed by atoms with van der Waals surface area (Å²) in [5.41, 5.74) is 2.33. The number of unbranched alkanes of at least 4 members (excludes halogenated alkanes) is 5. The number of methoxy groups -OCH3 is 1. The van der Waals surface area contributed by atoms with Gasteiger partial charge in [-0.2, -0.15) is 8.42 Å². The van der Waals surface area contributed by atoms with E-state index in [0.717, 1.165) is 48.4 Å². The largest absolute Gasteiger partial charge is 0.493 e. The van der Waals surface area contributed by atoms with Crippen molar-refractivity contribution in [1.29, 1.82) is 0 Å². The van der Waals surface area contributed by atoms with E-state index in [1.54, 1.807) is 12.1 Å². The molecule has 7 nitrogen and oxygen atoms in total. The fourth-order valence-electron chi connectivity index (χ4n) is 5.13. The van der Waals surface area contributed by atoms with Gasteiger partial charge in [0.25, 0.3) is 0 Å². The van der Waals surface area contributed by atoms with Gasteiger partial charge in [0.1, 0.15) is 17.2 Å². The standard InChI is InChI=1S/C30H45N3O4S/c1-8-9-10-11-12-15-20-38(34,35)37-24-18-17-23(21-25(24)36-7)27-28(32-30(5,6)22-29(2,3)4)33-19-14-13-16-26(33)31-27/h13-14,16-19,21,32H,8-12,15,20,22H2,1-7H3. The molecule has 2 heterocycles. The first-order valence-electron chi connectivity index (χ1n) is 13.7. The Hall–Kier alpha value is -2.74. The number of fused-ring (bicyclic) bond motifs is 1. The van der Waals surface area contributed by atoms with Gasteiger partial charge in [-0.25, -0.2) is 4.98 Å². The molecule has 0 aliphatic rings. The number of ether oxygens (including phenoxy) is 1. The van der Waals surface area contributed by atoms with E-state index in [0.29, 0.717) is 12.2 Å². The lowest BCUT2D eigenvalue weighted by Gasteiger charge is -2.34. The number of nitrogens with zero attached hydrogens (tertiary/aromatic N) is 2. The number of pyridine rings is 1. The molecule has 8 heteroatoms. The minimum absolute atomic E-state index is 0.00655. The summed E-state index contributed by atoms with van der Waals surface area (Å²) in [6, 6.07) is 11.2. The Bertz CT molecular complexity index is 1310. The summed E-state index contributed by atoms with van der Waals surface area (Å²) < 4.78 is 38.4. The Kier molecular flexibility index (Phi) is 9.74. The Morgan fingerprint density at radius 3 is 2.34 bits per heavy atom. The lowest BCUT2D eigenvalue weighted by molar-refractivity contribution is 0.302. The van der Waals surface area contributed by atoms with Crippen LogP contribution in [-0.2, 0) is 10.1 Å². The first kappa shape index (κ1) is 29.8. The molecule has 0 fully saturated rings. The Morgan fingerprint density at radius 1 is 0.947 bits per heavy atom. The zero-order valence-electron chi connectivity index (χ0n) is 24.1. The number of benzene rings is 1. The van der Waals surface area contributed by atoms with Gasteiger partial charge in [-0.1, -0.05) is 65.9 Å². The van der Waals surface area contributed by atoms with Crippen LogP contribution in [0.5, 0.6) is 11.5 Å². The predicted molar refractivity (Wildman–Crippen MR) is 157 cm³/mol. The normalized spacial score (nSPS) is 12.6. The number of anilines is 1. The van der Waals surface area contributed by atoms with Gasteiger partial charge in [-0.3, -0.25) is 4.40 Å². The third-order valence-corrected chi connectivity index (χ3v) is 7.58. The summed E-state index contributed by atoms with van der Waals surface area (Å²) in [5, 5.41) is 3.73. The van der Waals surface area contributed by atoms with Gasteiger partial charge in [0.2, 0.25) is 0 Å². The van der Waals surface area contributed by atoms with Crippen LogP contribution in [0.2, 0.25) is 0 Å². The van der Waals surface area contributed by atoms with Crippen molar-refractivity contribution in [2.75, 3.05) is 18.2 Å². The highest BCUT2D eigenvalue weighted by Crippen LogP contribution is 2.38. The molecule has 0 aliphatic carbocycles. The number of imidazole rings is 1. The number of hydrogen-bond donors (Lipinski definition) is 1. The molecule has 0 radical (unpaired) electrons. The van der Waals surface area contributed by atoms with Crippen LogP contribution in [-0.4, -0.2) is 36.2 Å². The summed E-state index contributed by atoms with van der Waals surface area (Å²) in [6.45, 7) is 13.2. The zero-order chi connectivity index (χ0) is 28.0. The maximum Gasteiger partial charge on any atom is 0.309 e. The molecular formula is C30H45N3O4S. The molecule has 0 bridgehead atoms. The van der Waals surface area contributed by atoms with Crippen LogP contribution in [0.25, 0.3) is 16.9 Å². The molecule has 2 aromatic heterocycles. The molecule has 3 rings (SSSR count). The summed E-state index contributed by atoms with van der Waals surface area (Å²) in [6.07, 6.45) is 8.95. The minimum atomic E-state index is -3.72. The third-order valence-electron chi connectivity index (χ3n) is 6.36. The quantitative estimate of drug-likeness (QED) is 0.166. The van der Waals surface area contributed by atoms with Crippen LogP contribution in [0.3, 0.4) is 0 Å². The Morgan fingerprint density at radius 2 is 1.66 bits per heavy atom. The van der Waals surface area contributed by atoms with Crippen molar-refractivity contribution in [3.05, 3.63) is 42.6 Å². The lowest BCUT2D eigenvalue weighted by atomic mass is 9.82. The maximum absolute atomic E-state index is 12.7. The number of aromatic nitrogens is 2. The fourth-order valence-corrected chi connectivity index (χ4v) is 6.18. The van der Waals surface area contributed by atoms with Crippen molar-refractivity contribution >= 4 is 21.6 Å². The highest BCUT2D eigenvalue weighted by Gasteiger charge is 2.28. The fraction of sp³-hybridized carbons (Fsp3) is 0.567. The van der Waals surface area contributed by atoms with Crippen molar-refractivity contribution in [1.82, 2.24) is 9.38 Å². The molecule has 0 saturated carbocycles. The first-order valence-corrected chi connectivity index (χ1v) is 15.3.